The van der Waals surface area contributed by atoms with Crippen molar-refractivity contribution >= 4 is 39.9 Å². The highest BCUT2D eigenvalue weighted by molar-refractivity contribution is 6.35. The van der Waals surface area contributed by atoms with E-state index >= 15 is 0 Å². The molecule has 0 saturated heterocycles. The Labute approximate surface area is 101 Å². The molecule has 0 bridgehead atoms. The first-order chi connectivity index (χ1) is 8.15. The van der Waals surface area contributed by atoms with Gasteiger partial charge >= 0.3 is 0 Å². The molecule has 1 aromatic carbocycles. The molecule has 1 aromatic heterocycles. The largest absolute Gasteiger partial charge is 0.360 e. The van der Waals surface area contributed by atoms with E-state index in [1.165, 1.54) is 6.08 Å². The van der Waals surface area contributed by atoms with Crippen LogP contribution in [0.25, 0.3) is 16.5 Å². The molecule has 0 saturated carbocycles. The summed E-state index contributed by atoms with van der Waals surface area (Å²) in [4.78, 5) is 25.7. The molecule has 1 aliphatic heterocycles. The molecule has 2 N–H and O–H groups in total. The summed E-state index contributed by atoms with van der Waals surface area (Å²) in [5.41, 5.74) is 1.92. The number of halogens is 1. The van der Waals surface area contributed by atoms with Gasteiger partial charge in [0.2, 0.25) is 0 Å². The standard InChI is InChI=1S/C12H7ClN2O2/c13-6-1-2-7-9(5-14-10(7)3-6)8-4-11(16)15-12(8)17/h1-5,14H,(H,15,16,17). The minimum atomic E-state index is -0.381. The average Bonchev–Trinajstić information content (AvgIpc) is 2.81. The monoisotopic (exact) mass is 246 g/mol. The topological polar surface area (TPSA) is 62.0 Å². The van der Waals surface area contributed by atoms with Crippen LogP contribution < -0.4 is 5.32 Å². The van der Waals surface area contributed by atoms with E-state index in [0.29, 0.717) is 16.2 Å². The molecule has 0 radical (unpaired) electrons. The van der Waals surface area contributed by atoms with E-state index in [0.717, 1.165) is 10.9 Å². The Balaban J connectivity index is 2.22. The minimum Gasteiger partial charge on any atom is -0.360 e. The van der Waals surface area contributed by atoms with Crippen molar-refractivity contribution < 1.29 is 9.59 Å². The van der Waals surface area contributed by atoms with Gasteiger partial charge in [-0.15, -0.1) is 0 Å². The molecule has 0 fully saturated rings. The number of fused-ring (bicyclic) bond motifs is 1. The molecule has 0 atom stereocenters. The van der Waals surface area contributed by atoms with E-state index in [2.05, 4.69) is 10.3 Å². The van der Waals surface area contributed by atoms with Crippen molar-refractivity contribution in [2.45, 2.75) is 0 Å². The summed E-state index contributed by atoms with van der Waals surface area (Å²) >= 11 is 5.87. The Bertz CT molecular complexity index is 685. The van der Waals surface area contributed by atoms with Crippen LogP contribution in [0.5, 0.6) is 0 Å². The molecule has 0 aliphatic carbocycles. The Morgan fingerprint density at radius 1 is 1.18 bits per heavy atom. The Morgan fingerprint density at radius 3 is 2.71 bits per heavy atom. The quantitative estimate of drug-likeness (QED) is 0.755. The van der Waals surface area contributed by atoms with E-state index in [4.69, 9.17) is 11.6 Å². The van der Waals surface area contributed by atoms with Crippen LogP contribution in [0.2, 0.25) is 5.02 Å². The lowest BCUT2D eigenvalue weighted by molar-refractivity contribution is -0.123. The molecule has 0 spiro atoms. The fourth-order valence-electron chi connectivity index (χ4n) is 1.93. The lowest BCUT2D eigenvalue weighted by Crippen LogP contribution is -2.21. The number of aromatic nitrogens is 1. The van der Waals surface area contributed by atoms with Gasteiger partial charge in [0, 0.05) is 33.8 Å². The number of imide groups is 1. The van der Waals surface area contributed by atoms with Gasteiger partial charge in [-0.25, -0.2) is 0 Å². The molecule has 2 amide bonds. The number of amides is 2. The van der Waals surface area contributed by atoms with E-state index in [1.54, 1.807) is 18.3 Å². The Morgan fingerprint density at radius 2 is 2.00 bits per heavy atom. The molecule has 17 heavy (non-hydrogen) atoms. The third-order valence-corrected chi connectivity index (χ3v) is 2.93. The van der Waals surface area contributed by atoms with Crippen LogP contribution in [0.1, 0.15) is 5.56 Å². The predicted octanol–water partition coefficient (Wildman–Crippen LogP) is 1.86. The zero-order chi connectivity index (χ0) is 12.0. The van der Waals surface area contributed by atoms with Crippen molar-refractivity contribution in [3.8, 4) is 0 Å². The van der Waals surface area contributed by atoms with E-state index in [1.807, 2.05) is 6.07 Å². The van der Waals surface area contributed by atoms with Crippen LogP contribution in [0.4, 0.5) is 0 Å². The van der Waals surface area contributed by atoms with E-state index < -0.39 is 0 Å². The normalized spacial score (nSPS) is 15.2. The van der Waals surface area contributed by atoms with Gasteiger partial charge in [-0.3, -0.25) is 14.9 Å². The predicted molar refractivity (Wildman–Crippen MR) is 64.4 cm³/mol. The summed E-state index contributed by atoms with van der Waals surface area (Å²) in [6.07, 6.45) is 3.00. The first kappa shape index (κ1) is 10.1. The minimum absolute atomic E-state index is 0.370. The molecular formula is C12H7ClN2O2. The SMILES string of the molecule is O=C1C=C(c2c[nH]c3cc(Cl)ccc23)C(=O)N1. The summed E-state index contributed by atoms with van der Waals surface area (Å²) < 4.78 is 0. The van der Waals surface area contributed by atoms with Crippen LogP contribution in [-0.2, 0) is 9.59 Å². The van der Waals surface area contributed by atoms with Gasteiger partial charge in [0.1, 0.15) is 0 Å². The molecule has 1 aliphatic rings. The second kappa shape index (κ2) is 3.46. The van der Waals surface area contributed by atoms with Gasteiger partial charge in [0.25, 0.3) is 11.8 Å². The van der Waals surface area contributed by atoms with Gasteiger partial charge in [0.15, 0.2) is 0 Å². The third kappa shape index (κ3) is 1.54. The molecule has 5 heteroatoms. The van der Waals surface area contributed by atoms with E-state index in [9.17, 15) is 9.59 Å². The molecule has 2 aromatic rings. The first-order valence-electron chi connectivity index (χ1n) is 4.99. The maximum Gasteiger partial charge on any atom is 0.258 e. The van der Waals surface area contributed by atoms with Crippen molar-refractivity contribution in [3.63, 3.8) is 0 Å². The summed E-state index contributed by atoms with van der Waals surface area (Å²) in [6.45, 7) is 0. The molecule has 3 rings (SSSR count). The number of H-pyrrole nitrogens is 1. The van der Waals surface area contributed by atoms with Crippen molar-refractivity contribution in [1.29, 1.82) is 0 Å². The molecule has 84 valence electrons. The average molecular weight is 247 g/mol. The van der Waals surface area contributed by atoms with Crippen LogP contribution in [0.15, 0.2) is 30.5 Å². The number of benzene rings is 1. The second-order valence-corrected chi connectivity index (χ2v) is 4.21. The second-order valence-electron chi connectivity index (χ2n) is 3.77. The number of hydrogen-bond acceptors (Lipinski definition) is 2. The summed E-state index contributed by atoms with van der Waals surface area (Å²) in [5.74, 6) is -0.751. The highest BCUT2D eigenvalue weighted by Crippen LogP contribution is 2.28. The van der Waals surface area contributed by atoms with Gasteiger partial charge in [-0.2, -0.15) is 0 Å². The van der Waals surface area contributed by atoms with Crippen molar-refractivity contribution in [2.24, 2.45) is 0 Å². The Hall–Kier alpha value is -2.07. The third-order valence-electron chi connectivity index (χ3n) is 2.69. The highest BCUT2D eigenvalue weighted by Gasteiger charge is 2.24. The molecule has 4 nitrogen and oxygen atoms in total. The molecule has 2 heterocycles. The number of hydrogen-bond donors (Lipinski definition) is 2. The van der Waals surface area contributed by atoms with Crippen LogP contribution >= 0.6 is 11.6 Å². The van der Waals surface area contributed by atoms with Gasteiger partial charge in [0.05, 0.1) is 5.57 Å². The first-order valence-corrected chi connectivity index (χ1v) is 5.37. The lowest BCUT2D eigenvalue weighted by Gasteiger charge is -1.98. The number of carbonyl (C=O) groups excluding carboxylic acids is 2. The van der Waals surface area contributed by atoms with Gasteiger partial charge in [-0.1, -0.05) is 17.7 Å². The summed E-state index contributed by atoms with van der Waals surface area (Å²) in [6, 6.07) is 5.34. The molecular weight excluding hydrogens is 240 g/mol. The van der Waals surface area contributed by atoms with Crippen LogP contribution in [-0.4, -0.2) is 16.8 Å². The zero-order valence-electron chi connectivity index (χ0n) is 8.58. The summed E-state index contributed by atoms with van der Waals surface area (Å²) in [7, 11) is 0. The zero-order valence-corrected chi connectivity index (χ0v) is 9.34. The van der Waals surface area contributed by atoms with Crippen molar-refractivity contribution in [2.75, 3.05) is 0 Å². The highest BCUT2D eigenvalue weighted by atomic mass is 35.5. The number of nitrogens with one attached hydrogen (secondary N) is 2. The fraction of sp³-hybridized carbons (Fsp3) is 0. The van der Waals surface area contributed by atoms with Crippen molar-refractivity contribution in [1.82, 2.24) is 10.3 Å². The fourth-order valence-corrected chi connectivity index (χ4v) is 2.11. The van der Waals surface area contributed by atoms with Gasteiger partial charge < -0.3 is 4.98 Å². The lowest BCUT2D eigenvalue weighted by atomic mass is 10.1. The number of carbonyl (C=O) groups is 2. The van der Waals surface area contributed by atoms with Crippen LogP contribution in [0, 0.1) is 0 Å². The van der Waals surface area contributed by atoms with Crippen molar-refractivity contribution in [3.05, 3.63) is 41.1 Å². The Kier molecular flexibility index (Phi) is 2.06. The van der Waals surface area contributed by atoms with E-state index in [-0.39, 0.29) is 11.8 Å². The van der Waals surface area contributed by atoms with Crippen LogP contribution in [0.3, 0.4) is 0 Å². The smallest absolute Gasteiger partial charge is 0.258 e. The maximum absolute atomic E-state index is 11.6. The maximum atomic E-state index is 11.6. The molecule has 0 unspecified atom stereocenters. The van der Waals surface area contributed by atoms with Gasteiger partial charge in [-0.05, 0) is 12.1 Å². The number of rotatable bonds is 1. The summed E-state index contributed by atoms with van der Waals surface area (Å²) in [5, 5.41) is 3.70. The number of aromatic amines is 1.